The Kier molecular flexibility index (Phi) is 4.31. The maximum atomic E-state index is 5.98. The second-order valence-electron chi connectivity index (χ2n) is 5.56. The van der Waals surface area contributed by atoms with Crippen LogP contribution in [0.4, 0.5) is 0 Å². The molecule has 1 atom stereocenters. The molecule has 3 rings (SSSR count). The number of fused-ring (bicyclic) bond motifs is 1. The fourth-order valence-corrected chi connectivity index (χ4v) is 3.22. The van der Waals surface area contributed by atoms with Gasteiger partial charge in [-0.3, -0.25) is 0 Å². The first kappa shape index (κ1) is 14.6. The molecular weight excluding hydrogens is 330 g/mol. The normalized spacial score (nSPS) is 14.8. The van der Waals surface area contributed by atoms with Crippen molar-refractivity contribution in [1.82, 2.24) is 9.55 Å². The maximum Gasteiger partial charge on any atom is 0.127 e. The Hall–Kier alpha value is -1.33. The summed E-state index contributed by atoms with van der Waals surface area (Å²) in [5.74, 6) is 1.04. The summed E-state index contributed by atoms with van der Waals surface area (Å²) >= 11 is 3.58. The lowest BCUT2D eigenvalue weighted by Gasteiger charge is -2.09. The average molecular weight is 350 g/mol. The smallest absolute Gasteiger partial charge is 0.127 e. The second-order valence-corrected chi connectivity index (χ2v) is 6.48. The van der Waals surface area contributed by atoms with Gasteiger partial charge in [-0.2, -0.15) is 0 Å². The van der Waals surface area contributed by atoms with Gasteiger partial charge in [0.15, 0.2) is 0 Å². The Morgan fingerprint density at radius 1 is 1.48 bits per heavy atom. The van der Waals surface area contributed by atoms with Crippen LogP contribution in [0.1, 0.15) is 30.2 Å². The molecule has 21 heavy (non-hydrogen) atoms. The molecule has 1 aliphatic rings. The predicted molar refractivity (Wildman–Crippen MR) is 86.6 cm³/mol. The third-order valence-corrected chi connectivity index (χ3v) is 4.32. The van der Waals surface area contributed by atoms with Crippen LogP contribution in [0.2, 0.25) is 0 Å². The zero-order valence-corrected chi connectivity index (χ0v) is 13.8. The van der Waals surface area contributed by atoms with E-state index in [4.69, 9.17) is 10.5 Å². The number of rotatable bonds is 5. The highest BCUT2D eigenvalue weighted by molar-refractivity contribution is 9.10. The van der Waals surface area contributed by atoms with Crippen LogP contribution in [0.25, 0.3) is 0 Å². The molecule has 1 aromatic heterocycles. The number of imidazole rings is 1. The van der Waals surface area contributed by atoms with E-state index in [1.807, 2.05) is 6.33 Å². The van der Waals surface area contributed by atoms with Gasteiger partial charge in [0.05, 0.1) is 25.2 Å². The van der Waals surface area contributed by atoms with Crippen molar-refractivity contribution in [3.63, 3.8) is 0 Å². The molecule has 0 bridgehead atoms. The number of benzene rings is 1. The van der Waals surface area contributed by atoms with E-state index in [1.54, 1.807) is 0 Å². The van der Waals surface area contributed by atoms with Crippen molar-refractivity contribution in [3.8, 4) is 5.75 Å². The molecule has 0 spiro atoms. The Balaban J connectivity index is 1.78. The Morgan fingerprint density at radius 2 is 2.33 bits per heavy atom. The zero-order chi connectivity index (χ0) is 14.8. The molecule has 2 heterocycles. The number of ether oxygens (including phenoxy) is 1. The summed E-state index contributed by atoms with van der Waals surface area (Å²) < 4.78 is 8.98. The molecule has 112 valence electrons. The lowest BCUT2D eigenvalue weighted by Crippen LogP contribution is -2.21. The molecule has 1 unspecified atom stereocenters. The molecule has 1 aromatic carbocycles. The highest BCUT2D eigenvalue weighted by Crippen LogP contribution is 2.33. The van der Waals surface area contributed by atoms with Gasteiger partial charge >= 0.3 is 0 Å². The fourth-order valence-electron chi connectivity index (χ4n) is 2.67. The summed E-state index contributed by atoms with van der Waals surface area (Å²) in [5.41, 5.74) is 9.52. The fraction of sp³-hybridized carbons (Fsp3) is 0.438. The van der Waals surface area contributed by atoms with Gasteiger partial charge in [0.2, 0.25) is 0 Å². The van der Waals surface area contributed by atoms with Crippen LogP contribution in [0.15, 0.2) is 29.1 Å². The lowest BCUT2D eigenvalue weighted by atomic mass is 10.1. The summed E-state index contributed by atoms with van der Waals surface area (Å²) in [6.45, 7) is 3.65. The summed E-state index contributed by atoms with van der Waals surface area (Å²) in [5, 5.41) is 0. The SMILES string of the molecule is CCC(N)Cc1cn(Cc2cc(Br)cc3c2OCC3)cn1. The summed E-state index contributed by atoms with van der Waals surface area (Å²) in [4.78, 5) is 4.45. The highest BCUT2D eigenvalue weighted by atomic mass is 79.9. The third-order valence-electron chi connectivity index (χ3n) is 3.86. The van der Waals surface area contributed by atoms with Crippen molar-refractivity contribution in [3.05, 3.63) is 46.0 Å². The van der Waals surface area contributed by atoms with Crippen LogP contribution < -0.4 is 10.5 Å². The van der Waals surface area contributed by atoms with E-state index in [0.29, 0.717) is 0 Å². The first-order chi connectivity index (χ1) is 10.2. The minimum absolute atomic E-state index is 0.187. The topological polar surface area (TPSA) is 53.1 Å². The van der Waals surface area contributed by atoms with Crippen molar-refractivity contribution >= 4 is 15.9 Å². The summed E-state index contributed by atoms with van der Waals surface area (Å²) in [7, 11) is 0. The van der Waals surface area contributed by atoms with E-state index in [1.165, 1.54) is 11.1 Å². The monoisotopic (exact) mass is 349 g/mol. The van der Waals surface area contributed by atoms with Crippen molar-refractivity contribution in [1.29, 1.82) is 0 Å². The number of halogens is 1. The second kappa shape index (κ2) is 6.20. The first-order valence-electron chi connectivity index (χ1n) is 7.36. The van der Waals surface area contributed by atoms with E-state index < -0.39 is 0 Å². The van der Waals surface area contributed by atoms with Gasteiger partial charge in [-0.25, -0.2) is 4.98 Å². The number of hydrogen-bond acceptors (Lipinski definition) is 3. The van der Waals surface area contributed by atoms with E-state index in [-0.39, 0.29) is 6.04 Å². The molecule has 0 radical (unpaired) electrons. The minimum Gasteiger partial charge on any atom is -0.493 e. The molecule has 4 nitrogen and oxygen atoms in total. The highest BCUT2D eigenvalue weighted by Gasteiger charge is 2.17. The quantitative estimate of drug-likeness (QED) is 0.902. The Morgan fingerprint density at radius 3 is 3.14 bits per heavy atom. The number of aromatic nitrogens is 2. The molecule has 0 saturated heterocycles. The summed E-state index contributed by atoms with van der Waals surface area (Å²) in [6.07, 6.45) is 6.75. The van der Waals surface area contributed by atoms with Gasteiger partial charge in [-0.15, -0.1) is 0 Å². The summed E-state index contributed by atoms with van der Waals surface area (Å²) in [6, 6.07) is 4.46. The van der Waals surface area contributed by atoms with Crippen molar-refractivity contribution < 1.29 is 4.74 Å². The molecule has 2 aromatic rings. The van der Waals surface area contributed by atoms with E-state index in [2.05, 4.69) is 50.7 Å². The van der Waals surface area contributed by atoms with Gasteiger partial charge < -0.3 is 15.0 Å². The molecule has 0 fully saturated rings. The van der Waals surface area contributed by atoms with Crippen LogP contribution in [0.5, 0.6) is 5.75 Å². The van der Waals surface area contributed by atoms with Gasteiger partial charge in [0.1, 0.15) is 5.75 Å². The van der Waals surface area contributed by atoms with Crippen molar-refractivity contribution in [2.45, 2.75) is 38.8 Å². The van der Waals surface area contributed by atoms with Gasteiger partial charge in [0, 0.05) is 35.1 Å². The first-order valence-corrected chi connectivity index (χ1v) is 8.15. The zero-order valence-electron chi connectivity index (χ0n) is 12.2. The van der Waals surface area contributed by atoms with Crippen LogP contribution in [0.3, 0.4) is 0 Å². The van der Waals surface area contributed by atoms with E-state index >= 15 is 0 Å². The Bertz CT molecular complexity index is 638. The molecular formula is C16H20BrN3O. The maximum absolute atomic E-state index is 5.98. The molecule has 0 aliphatic carbocycles. The minimum atomic E-state index is 0.187. The number of nitrogens with zero attached hydrogens (tertiary/aromatic N) is 2. The molecule has 5 heteroatoms. The third kappa shape index (κ3) is 3.30. The largest absolute Gasteiger partial charge is 0.493 e. The van der Waals surface area contributed by atoms with Crippen LogP contribution in [-0.2, 0) is 19.4 Å². The van der Waals surface area contributed by atoms with Crippen molar-refractivity contribution in [2.75, 3.05) is 6.61 Å². The van der Waals surface area contributed by atoms with Crippen LogP contribution in [0, 0.1) is 0 Å². The van der Waals surface area contributed by atoms with E-state index in [9.17, 15) is 0 Å². The Labute approximate surface area is 133 Å². The predicted octanol–water partition coefficient (Wildman–Crippen LogP) is 2.91. The lowest BCUT2D eigenvalue weighted by molar-refractivity contribution is 0.352. The van der Waals surface area contributed by atoms with Gasteiger partial charge in [0.25, 0.3) is 0 Å². The molecule has 1 aliphatic heterocycles. The molecule has 0 saturated carbocycles. The standard InChI is InChI=1S/C16H20BrN3O/c1-2-14(18)7-15-9-20(10-19-15)8-12-6-13(17)5-11-3-4-21-16(11)12/h5-6,9-10,14H,2-4,7-8,18H2,1H3. The molecule has 2 N–H and O–H groups in total. The average Bonchev–Trinajstić information content (AvgIpc) is 3.07. The van der Waals surface area contributed by atoms with Crippen LogP contribution in [-0.4, -0.2) is 22.2 Å². The number of hydrogen-bond donors (Lipinski definition) is 1. The van der Waals surface area contributed by atoms with E-state index in [0.717, 1.165) is 48.3 Å². The van der Waals surface area contributed by atoms with Gasteiger partial charge in [-0.1, -0.05) is 22.9 Å². The van der Waals surface area contributed by atoms with Crippen LogP contribution >= 0.6 is 15.9 Å². The van der Waals surface area contributed by atoms with Gasteiger partial charge in [-0.05, 0) is 24.1 Å². The number of nitrogens with two attached hydrogens (primary N) is 1. The molecule has 0 amide bonds. The van der Waals surface area contributed by atoms with Crippen molar-refractivity contribution in [2.24, 2.45) is 5.73 Å².